The Morgan fingerprint density at radius 2 is 1.82 bits per heavy atom. The topological polar surface area (TPSA) is 43.1 Å². The minimum Gasteiger partial charge on any atom is -0.398 e. The van der Waals surface area contributed by atoms with Gasteiger partial charge in [0, 0.05) is 11.3 Å². The summed E-state index contributed by atoms with van der Waals surface area (Å²) in [5.41, 5.74) is 7.48. The van der Waals surface area contributed by atoms with E-state index in [0.29, 0.717) is 11.3 Å². The van der Waals surface area contributed by atoms with Gasteiger partial charge in [-0.1, -0.05) is 18.2 Å². The Kier molecular flexibility index (Phi) is 2.91. The molecule has 0 fully saturated rings. The summed E-state index contributed by atoms with van der Waals surface area (Å²) in [6.07, 6.45) is 0. The molecule has 0 bridgehead atoms. The Labute approximate surface area is 98.9 Å². The van der Waals surface area contributed by atoms with Gasteiger partial charge in [0.1, 0.15) is 5.82 Å². The molecule has 0 aromatic heterocycles. The van der Waals surface area contributed by atoms with Crippen molar-refractivity contribution in [3.8, 4) is 0 Å². The second-order valence-electron chi connectivity index (χ2n) is 3.90. The third kappa shape index (κ3) is 2.18. The molecule has 0 aliphatic rings. The van der Waals surface area contributed by atoms with Crippen LogP contribution in [0.3, 0.4) is 0 Å². The van der Waals surface area contributed by atoms with E-state index in [1.807, 2.05) is 6.92 Å². The van der Waals surface area contributed by atoms with Crippen LogP contribution < -0.4 is 5.73 Å². The summed E-state index contributed by atoms with van der Waals surface area (Å²) >= 11 is 0. The first-order chi connectivity index (χ1) is 8.09. The van der Waals surface area contributed by atoms with Crippen molar-refractivity contribution >= 4 is 11.5 Å². The Hall–Kier alpha value is -2.16. The number of nitrogens with two attached hydrogens (primary N) is 1. The van der Waals surface area contributed by atoms with Gasteiger partial charge in [0.25, 0.3) is 0 Å². The van der Waals surface area contributed by atoms with E-state index in [-0.39, 0.29) is 11.3 Å². The van der Waals surface area contributed by atoms with E-state index >= 15 is 0 Å². The maximum Gasteiger partial charge on any atom is 0.198 e. The molecular weight excluding hydrogens is 217 g/mol. The van der Waals surface area contributed by atoms with Gasteiger partial charge >= 0.3 is 0 Å². The predicted octanol–water partition coefficient (Wildman–Crippen LogP) is 2.95. The second kappa shape index (κ2) is 4.37. The molecule has 0 atom stereocenters. The summed E-state index contributed by atoms with van der Waals surface area (Å²) in [5.74, 6) is -0.918. The SMILES string of the molecule is Cc1ccc(C(=O)c2ccccc2F)c(N)c1. The zero-order valence-electron chi connectivity index (χ0n) is 9.41. The standard InChI is InChI=1S/C14H12FNO/c1-9-6-7-11(13(16)8-9)14(17)10-4-2-3-5-12(10)15/h2-8H,16H2,1H3. The van der Waals surface area contributed by atoms with Gasteiger partial charge in [-0.05, 0) is 36.8 Å². The number of rotatable bonds is 2. The number of anilines is 1. The number of carbonyl (C=O) groups excluding carboxylic acids is 1. The quantitative estimate of drug-likeness (QED) is 0.635. The maximum atomic E-state index is 13.5. The first kappa shape index (κ1) is 11.3. The van der Waals surface area contributed by atoms with Gasteiger partial charge in [-0.25, -0.2) is 4.39 Å². The fourth-order valence-corrected chi connectivity index (χ4v) is 1.68. The van der Waals surface area contributed by atoms with Crippen molar-refractivity contribution in [2.24, 2.45) is 0 Å². The van der Waals surface area contributed by atoms with E-state index in [2.05, 4.69) is 0 Å². The van der Waals surface area contributed by atoms with E-state index in [1.54, 1.807) is 30.3 Å². The van der Waals surface area contributed by atoms with Crippen LogP contribution in [-0.4, -0.2) is 5.78 Å². The van der Waals surface area contributed by atoms with Gasteiger partial charge in [0.15, 0.2) is 5.78 Å². The van der Waals surface area contributed by atoms with Crippen LogP contribution in [0.1, 0.15) is 21.5 Å². The molecule has 3 heteroatoms. The molecule has 2 aromatic rings. The van der Waals surface area contributed by atoms with Crippen LogP contribution in [0.15, 0.2) is 42.5 Å². The molecule has 86 valence electrons. The smallest absolute Gasteiger partial charge is 0.198 e. The Bertz CT molecular complexity index is 578. The van der Waals surface area contributed by atoms with Gasteiger partial charge in [-0.15, -0.1) is 0 Å². The van der Waals surface area contributed by atoms with Crippen molar-refractivity contribution in [2.75, 3.05) is 5.73 Å². The van der Waals surface area contributed by atoms with Gasteiger partial charge in [-0.2, -0.15) is 0 Å². The first-order valence-electron chi connectivity index (χ1n) is 5.25. The molecule has 0 spiro atoms. The van der Waals surface area contributed by atoms with E-state index in [4.69, 9.17) is 5.73 Å². The predicted molar refractivity (Wildman–Crippen MR) is 65.4 cm³/mol. The Morgan fingerprint density at radius 1 is 1.12 bits per heavy atom. The fourth-order valence-electron chi connectivity index (χ4n) is 1.68. The summed E-state index contributed by atoms with van der Waals surface area (Å²) < 4.78 is 13.5. The fraction of sp³-hybridized carbons (Fsp3) is 0.0714. The summed E-state index contributed by atoms with van der Waals surface area (Å²) in [6.45, 7) is 1.88. The average Bonchev–Trinajstić information content (AvgIpc) is 2.29. The summed E-state index contributed by atoms with van der Waals surface area (Å²) in [6, 6.07) is 11.0. The number of carbonyl (C=O) groups is 1. The number of ketones is 1. The monoisotopic (exact) mass is 229 g/mol. The van der Waals surface area contributed by atoms with Gasteiger partial charge < -0.3 is 5.73 Å². The number of nitrogen functional groups attached to an aromatic ring is 1. The van der Waals surface area contributed by atoms with Crippen LogP contribution in [0.25, 0.3) is 0 Å². The molecule has 2 rings (SSSR count). The average molecular weight is 229 g/mol. The molecule has 17 heavy (non-hydrogen) atoms. The molecule has 0 radical (unpaired) electrons. The van der Waals surface area contributed by atoms with Crippen LogP contribution in [0, 0.1) is 12.7 Å². The van der Waals surface area contributed by atoms with E-state index in [9.17, 15) is 9.18 Å². The third-order valence-electron chi connectivity index (χ3n) is 2.57. The van der Waals surface area contributed by atoms with Crippen molar-refractivity contribution in [2.45, 2.75) is 6.92 Å². The van der Waals surface area contributed by atoms with Crippen molar-refractivity contribution in [1.82, 2.24) is 0 Å². The van der Waals surface area contributed by atoms with Crippen LogP contribution in [0.2, 0.25) is 0 Å². The normalized spacial score (nSPS) is 10.2. The van der Waals surface area contributed by atoms with Crippen LogP contribution >= 0.6 is 0 Å². The lowest BCUT2D eigenvalue weighted by Gasteiger charge is -2.06. The highest BCUT2D eigenvalue weighted by atomic mass is 19.1. The molecule has 2 nitrogen and oxygen atoms in total. The maximum absolute atomic E-state index is 13.5. The van der Waals surface area contributed by atoms with E-state index in [1.165, 1.54) is 12.1 Å². The van der Waals surface area contributed by atoms with Gasteiger partial charge in [0.05, 0.1) is 5.56 Å². The minimum absolute atomic E-state index is 0.0445. The number of benzene rings is 2. The molecular formula is C14H12FNO. The summed E-state index contributed by atoms with van der Waals surface area (Å²) in [5, 5.41) is 0. The summed E-state index contributed by atoms with van der Waals surface area (Å²) in [4.78, 5) is 12.1. The molecule has 2 aromatic carbocycles. The largest absolute Gasteiger partial charge is 0.398 e. The molecule has 0 amide bonds. The zero-order chi connectivity index (χ0) is 12.4. The molecule has 0 saturated heterocycles. The highest BCUT2D eigenvalue weighted by Gasteiger charge is 2.15. The molecule has 0 aliphatic heterocycles. The van der Waals surface area contributed by atoms with Crippen molar-refractivity contribution in [3.63, 3.8) is 0 Å². The number of halogens is 1. The number of aryl methyl sites for hydroxylation is 1. The van der Waals surface area contributed by atoms with Crippen molar-refractivity contribution in [1.29, 1.82) is 0 Å². The van der Waals surface area contributed by atoms with Crippen LogP contribution in [0.5, 0.6) is 0 Å². The molecule has 0 aliphatic carbocycles. The highest BCUT2D eigenvalue weighted by Crippen LogP contribution is 2.19. The van der Waals surface area contributed by atoms with Crippen molar-refractivity contribution < 1.29 is 9.18 Å². The van der Waals surface area contributed by atoms with Crippen molar-refractivity contribution in [3.05, 3.63) is 65.0 Å². The first-order valence-corrected chi connectivity index (χ1v) is 5.25. The van der Waals surface area contributed by atoms with Gasteiger partial charge in [0.2, 0.25) is 0 Å². The van der Waals surface area contributed by atoms with Crippen LogP contribution in [-0.2, 0) is 0 Å². The highest BCUT2D eigenvalue weighted by molar-refractivity contribution is 6.12. The number of hydrogen-bond acceptors (Lipinski definition) is 2. The van der Waals surface area contributed by atoms with E-state index < -0.39 is 5.82 Å². The number of hydrogen-bond donors (Lipinski definition) is 1. The lowest BCUT2D eigenvalue weighted by atomic mass is 10.00. The van der Waals surface area contributed by atoms with Crippen LogP contribution in [0.4, 0.5) is 10.1 Å². The lowest BCUT2D eigenvalue weighted by molar-refractivity contribution is 0.103. The Balaban J connectivity index is 2.48. The van der Waals surface area contributed by atoms with Gasteiger partial charge in [-0.3, -0.25) is 4.79 Å². The lowest BCUT2D eigenvalue weighted by Crippen LogP contribution is -2.07. The summed E-state index contributed by atoms with van der Waals surface area (Å²) in [7, 11) is 0. The second-order valence-corrected chi connectivity index (χ2v) is 3.90. The minimum atomic E-state index is -0.530. The molecule has 0 unspecified atom stereocenters. The molecule has 2 N–H and O–H groups in total. The molecule has 0 saturated carbocycles. The zero-order valence-corrected chi connectivity index (χ0v) is 9.41. The Morgan fingerprint density at radius 3 is 2.47 bits per heavy atom. The molecule has 0 heterocycles. The van der Waals surface area contributed by atoms with E-state index in [0.717, 1.165) is 5.56 Å². The third-order valence-corrected chi connectivity index (χ3v) is 2.57.